The Morgan fingerprint density at radius 3 is 2.69 bits per heavy atom. The van der Waals surface area contributed by atoms with Gasteiger partial charge in [0.2, 0.25) is 5.89 Å². The van der Waals surface area contributed by atoms with E-state index in [9.17, 15) is 0 Å². The van der Waals surface area contributed by atoms with E-state index in [2.05, 4.69) is 49.9 Å². The van der Waals surface area contributed by atoms with Crippen LogP contribution in [-0.4, -0.2) is 34.5 Å². The summed E-state index contributed by atoms with van der Waals surface area (Å²) in [6.07, 6.45) is 3.73. The Morgan fingerprint density at radius 1 is 1.27 bits per heavy atom. The summed E-state index contributed by atoms with van der Waals surface area (Å²) in [6, 6.07) is 12.3. The maximum atomic E-state index is 5.61. The van der Waals surface area contributed by atoms with E-state index < -0.39 is 0 Å². The molecule has 0 saturated carbocycles. The number of nitrogens with one attached hydrogen (secondary N) is 1. The van der Waals surface area contributed by atoms with Crippen LogP contribution in [0.4, 0.5) is 0 Å². The number of nitrogens with zero attached hydrogens (tertiary/aromatic N) is 4. The Hall–Kier alpha value is -3.02. The topological polar surface area (TPSA) is 58.6 Å². The highest BCUT2D eigenvalue weighted by Gasteiger charge is 2.11. The zero-order chi connectivity index (χ0) is 18.5. The van der Waals surface area contributed by atoms with E-state index in [1.54, 1.807) is 13.3 Å². The Labute approximate surface area is 154 Å². The van der Waals surface area contributed by atoms with Gasteiger partial charge >= 0.3 is 0 Å². The molecule has 2 heterocycles. The average Bonchev–Trinajstić information content (AvgIpc) is 3.26. The summed E-state index contributed by atoms with van der Waals surface area (Å²) in [6.45, 7) is 3.39. The molecule has 0 spiro atoms. The van der Waals surface area contributed by atoms with Gasteiger partial charge in [-0.05, 0) is 31.2 Å². The van der Waals surface area contributed by atoms with E-state index in [0.717, 1.165) is 23.8 Å². The van der Waals surface area contributed by atoms with Crippen molar-refractivity contribution in [2.45, 2.75) is 20.0 Å². The van der Waals surface area contributed by atoms with E-state index in [1.165, 1.54) is 11.3 Å². The molecular formula is C20H25N5O. The van der Waals surface area contributed by atoms with Gasteiger partial charge in [0.05, 0.1) is 18.8 Å². The van der Waals surface area contributed by atoms with Crippen molar-refractivity contribution in [3.8, 4) is 11.5 Å². The third-order valence-corrected chi connectivity index (χ3v) is 4.30. The quantitative estimate of drug-likeness (QED) is 0.566. The van der Waals surface area contributed by atoms with Crippen molar-refractivity contribution in [3.63, 3.8) is 0 Å². The van der Waals surface area contributed by atoms with Crippen LogP contribution in [0.25, 0.3) is 11.5 Å². The van der Waals surface area contributed by atoms with Gasteiger partial charge in [0.1, 0.15) is 6.26 Å². The number of aliphatic imine (C=N–C) groups is 1. The summed E-state index contributed by atoms with van der Waals surface area (Å²) in [4.78, 5) is 11.0. The van der Waals surface area contributed by atoms with Crippen molar-refractivity contribution in [3.05, 3.63) is 65.8 Å². The molecule has 3 rings (SSSR count). The Kier molecular flexibility index (Phi) is 5.41. The van der Waals surface area contributed by atoms with Gasteiger partial charge in [-0.1, -0.05) is 17.7 Å². The highest BCUT2D eigenvalue weighted by atomic mass is 16.3. The molecule has 2 aromatic heterocycles. The smallest absolute Gasteiger partial charge is 0.226 e. The highest BCUT2D eigenvalue weighted by molar-refractivity contribution is 5.79. The van der Waals surface area contributed by atoms with E-state index in [-0.39, 0.29) is 0 Å². The van der Waals surface area contributed by atoms with Crippen LogP contribution in [-0.2, 0) is 20.1 Å². The van der Waals surface area contributed by atoms with E-state index in [0.29, 0.717) is 12.4 Å². The van der Waals surface area contributed by atoms with Gasteiger partial charge in [-0.2, -0.15) is 0 Å². The molecule has 6 heteroatoms. The highest BCUT2D eigenvalue weighted by Crippen LogP contribution is 2.19. The molecule has 6 nitrogen and oxygen atoms in total. The number of benzene rings is 1. The van der Waals surface area contributed by atoms with Crippen LogP contribution in [0.15, 0.2) is 58.3 Å². The molecule has 0 radical (unpaired) electrons. The molecule has 0 atom stereocenters. The number of guanidine groups is 1. The predicted molar refractivity (Wildman–Crippen MR) is 104 cm³/mol. The van der Waals surface area contributed by atoms with Crippen LogP contribution >= 0.6 is 0 Å². The Bertz CT molecular complexity index is 876. The van der Waals surface area contributed by atoms with Crippen molar-refractivity contribution in [2.75, 3.05) is 14.1 Å². The molecule has 1 aromatic carbocycles. The summed E-state index contributed by atoms with van der Waals surface area (Å²) in [5, 5.41) is 3.34. The summed E-state index contributed by atoms with van der Waals surface area (Å²) < 4.78 is 7.72. The largest absolute Gasteiger partial charge is 0.444 e. The lowest BCUT2D eigenvalue weighted by Crippen LogP contribution is -2.38. The third kappa shape index (κ3) is 4.14. The number of hydrogen-bond donors (Lipinski definition) is 1. The molecule has 0 aliphatic rings. The molecule has 1 N–H and O–H groups in total. The van der Waals surface area contributed by atoms with Crippen LogP contribution in [0.2, 0.25) is 0 Å². The molecule has 26 heavy (non-hydrogen) atoms. The van der Waals surface area contributed by atoms with Crippen LogP contribution in [0, 0.1) is 6.92 Å². The monoisotopic (exact) mass is 351 g/mol. The second-order valence-corrected chi connectivity index (χ2v) is 6.38. The first kappa shape index (κ1) is 17.8. The molecule has 3 aromatic rings. The van der Waals surface area contributed by atoms with Gasteiger partial charge in [0.15, 0.2) is 5.96 Å². The van der Waals surface area contributed by atoms with E-state index >= 15 is 0 Å². The lowest BCUT2D eigenvalue weighted by Gasteiger charge is -2.22. The maximum absolute atomic E-state index is 5.61. The average molecular weight is 351 g/mol. The fourth-order valence-electron chi connectivity index (χ4n) is 2.75. The molecule has 0 aliphatic heterocycles. The van der Waals surface area contributed by atoms with Crippen LogP contribution in [0.3, 0.4) is 0 Å². The number of hydrogen-bond acceptors (Lipinski definition) is 3. The minimum atomic E-state index is 0.555. The first-order valence-electron chi connectivity index (χ1n) is 8.60. The molecule has 0 fully saturated rings. The Balaban J connectivity index is 1.60. The fourth-order valence-corrected chi connectivity index (χ4v) is 2.75. The number of aryl methyl sites for hydroxylation is 2. The van der Waals surface area contributed by atoms with Crippen molar-refractivity contribution < 1.29 is 4.42 Å². The molecule has 136 valence electrons. The van der Waals surface area contributed by atoms with E-state index in [4.69, 9.17) is 4.42 Å². The van der Waals surface area contributed by atoms with Crippen LogP contribution in [0.1, 0.15) is 17.0 Å². The lowest BCUT2D eigenvalue weighted by atomic mass is 10.1. The standard InChI is InChI=1S/C20H25N5O/c1-15-7-9-16(10-8-15)19-23-17(14-26-19)12-22-20(21-2)25(4)13-18-6-5-11-24(18)3/h5-11,14H,12-13H2,1-4H3,(H,21,22). The Morgan fingerprint density at radius 2 is 2.04 bits per heavy atom. The van der Waals surface area contributed by atoms with Crippen molar-refractivity contribution >= 4 is 5.96 Å². The van der Waals surface area contributed by atoms with Crippen LogP contribution < -0.4 is 5.32 Å². The first-order chi connectivity index (χ1) is 12.6. The molecular weight excluding hydrogens is 326 g/mol. The molecule has 0 saturated heterocycles. The van der Waals surface area contributed by atoms with Gasteiger partial charge in [0, 0.05) is 38.6 Å². The van der Waals surface area contributed by atoms with Gasteiger partial charge in [-0.3, -0.25) is 4.99 Å². The van der Waals surface area contributed by atoms with Crippen molar-refractivity contribution in [1.29, 1.82) is 0 Å². The molecule has 0 aliphatic carbocycles. The lowest BCUT2D eigenvalue weighted by molar-refractivity contribution is 0.461. The molecule has 0 amide bonds. The minimum Gasteiger partial charge on any atom is -0.444 e. The maximum Gasteiger partial charge on any atom is 0.226 e. The normalized spacial score (nSPS) is 11.6. The van der Waals surface area contributed by atoms with Gasteiger partial charge in [-0.25, -0.2) is 4.98 Å². The van der Waals surface area contributed by atoms with Gasteiger partial charge < -0.3 is 19.2 Å². The fraction of sp³-hybridized carbons (Fsp3) is 0.300. The van der Waals surface area contributed by atoms with Crippen molar-refractivity contribution in [2.24, 2.45) is 12.0 Å². The predicted octanol–water partition coefficient (Wildman–Crippen LogP) is 3.20. The number of oxazole rings is 1. The van der Waals surface area contributed by atoms with Gasteiger partial charge in [-0.15, -0.1) is 0 Å². The third-order valence-electron chi connectivity index (χ3n) is 4.30. The number of rotatable bonds is 5. The number of aromatic nitrogens is 2. The summed E-state index contributed by atoms with van der Waals surface area (Å²) in [7, 11) is 5.84. The van der Waals surface area contributed by atoms with E-state index in [1.807, 2.05) is 38.5 Å². The van der Waals surface area contributed by atoms with Crippen molar-refractivity contribution in [1.82, 2.24) is 19.8 Å². The summed E-state index contributed by atoms with van der Waals surface area (Å²) in [5.74, 6) is 1.44. The minimum absolute atomic E-state index is 0.555. The molecule has 0 bridgehead atoms. The second-order valence-electron chi connectivity index (χ2n) is 6.38. The van der Waals surface area contributed by atoms with Crippen LogP contribution in [0.5, 0.6) is 0 Å². The van der Waals surface area contributed by atoms with Gasteiger partial charge in [0.25, 0.3) is 0 Å². The summed E-state index contributed by atoms with van der Waals surface area (Å²) in [5.41, 5.74) is 4.26. The zero-order valence-corrected chi connectivity index (χ0v) is 15.7. The zero-order valence-electron chi connectivity index (χ0n) is 15.7. The summed E-state index contributed by atoms with van der Waals surface area (Å²) >= 11 is 0. The molecule has 0 unspecified atom stereocenters. The SMILES string of the molecule is CN=C(NCc1coc(-c2ccc(C)cc2)n1)N(C)Cc1cccn1C. The first-order valence-corrected chi connectivity index (χ1v) is 8.60. The second kappa shape index (κ2) is 7.91.